The van der Waals surface area contributed by atoms with Gasteiger partial charge in [0, 0.05) is 18.6 Å². The molecular weight excluding hydrogens is 164 g/mol. The quantitative estimate of drug-likeness (QED) is 0.656. The van der Waals surface area contributed by atoms with Gasteiger partial charge in [-0.25, -0.2) is 0 Å². The summed E-state index contributed by atoms with van der Waals surface area (Å²) in [7, 11) is 0. The molecule has 0 saturated carbocycles. The summed E-state index contributed by atoms with van der Waals surface area (Å²) >= 11 is 0. The van der Waals surface area contributed by atoms with Gasteiger partial charge in [0.05, 0.1) is 12.2 Å². The molecule has 0 N–H and O–H groups in total. The minimum Gasteiger partial charge on any atom is -0.378 e. The van der Waals surface area contributed by atoms with Gasteiger partial charge < -0.3 is 9.47 Å². The summed E-state index contributed by atoms with van der Waals surface area (Å²) in [6.07, 6.45) is 5.73. The Morgan fingerprint density at radius 2 is 1.38 bits per heavy atom. The Hall–Kier alpha value is -0.0800. The first kappa shape index (κ1) is 9.47. The third kappa shape index (κ3) is 1.75. The van der Waals surface area contributed by atoms with Crippen LogP contribution in [0.4, 0.5) is 0 Å². The van der Waals surface area contributed by atoms with E-state index in [1.807, 2.05) is 0 Å². The SMILES string of the molecule is CC(C)([C@@H]1CCCO1)[C@H]1CCCO1. The fraction of sp³-hybridized carbons (Fsp3) is 1.00. The zero-order valence-corrected chi connectivity index (χ0v) is 8.71. The van der Waals surface area contributed by atoms with Gasteiger partial charge in [-0.05, 0) is 25.7 Å². The van der Waals surface area contributed by atoms with Gasteiger partial charge in [-0.15, -0.1) is 0 Å². The molecular formula is C11H20O2. The average Bonchev–Trinajstić information content (AvgIpc) is 2.78. The van der Waals surface area contributed by atoms with Crippen LogP contribution in [0.2, 0.25) is 0 Å². The monoisotopic (exact) mass is 184 g/mol. The summed E-state index contributed by atoms with van der Waals surface area (Å²) < 4.78 is 11.5. The fourth-order valence-electron chi connectivity index (χ4n) is 2.54. The molecule has 2 fully saturated rings. The molecule has 2 aliphatic heterocycles. The highest BCUT2D eigenvalue weighted by atomic mass is 16.5. The molecule has 0 radical (unpaired) electrons. The third-order valence-corrected chi connectivity index (χ3v) is 3.52. The van der Waals surface area contributed by atoms with Crippen LogP contribution < -0.4 is 0 Å². The van der Waals surface area contributed by atoms with Crippen molar-refractivity contribution < 1.29 is 9.47 Å². The Morgan fingerprint density at radius 3 is 1.69 bits per heavy atom. The van der Waals surface area contributed by atoms with Crippen molar-refractivity contribution in [2.45, 2.75) is 51.7 Å². The highest BCUT2D eigenvalue weighted by molar-refractivity contribution is 4.90. The minimum atomic E-state index is 0.215. The smallest absolute Gasteiger partial charge is 0.0651 e. The Kier molecular flexibility index (Phi) is 2.61. The van der Waals surface area contributed by atoms with Crippen molar-refractivity contribution >= 4 is 0 Å². The number of hydrogen-bond acceptors (Lipinski definition) is 2. The molecule has 0 aliphatic carbocycles. The van der Waals surface area contributed by atoms with E-state index >= 15 is 0 Å². The van der Waals surface area contributed by atoms with Crippen LogP contribution in [0.1, 0.15) is 39.5 Å². The van der Waals surface area contributed by atoms with Crippen LogP contribution >= 0.6 is 0 Å². The minimum absolute atomic E-state index is 0.215. The maximum atomic E-state index is 5.75. The summed E-state index contributed by atoms with van der Waals surface area (Å²) in [5.74, 6) is 0. The molecule has 0 bridgehead atoms. The lowest BCUT2D eigenvalue weighted by atomic mass is 9.78. The van der Waals surface area contributed by atoms with Crippen LogP contribution in [-0.2, 0) is 9.47 Å². The molecule has 2 heteroatoms. The van der Waals surface area contributed by atoms with Gasteiger partial charge in [0.2, 0.25) is 0 Å². The highest BCUT2D eigenvalue weighted by Crippen LogP contribution is 2.39. The van der Waals surface area contributed by atoms with Crippen molar-refractivity contribution in [2.24, 2.45) is 5.41 Å². The van der Waals surface area contributed by atoms with Crippen LogP contribution in [-0.4, -0.2) is 25.4 Å². The van der Waals surface area contributed by atoms with Gasteiger partial charge in [-0.2, -0.15) is 0 Å². The topological polar surface area (TPSA) is 18.5 Å². The predicted molar refractivity (Wildman–Crippen MR) is 51.7 cm³/mol. The summed E-state index contributed by atoms with van der Waals surface area (Å²) in [6, 6.07) is 0. The maximum Gasteiger partial charge on any atom is 0.0651 e. The second-order valence-corrected chi connectivity index (χ2v) is 4.82. The molecule has 0 amide bonds. The van der Waals surface area contributed by atoms with E-state index in [2.05, 4.69) is 13.8 Å². The van der Waals surface area contributed by atoms with E-state index in [1.54, 1.807) is 0 Å². The lowest BCUT2D eigenvalue weighted by Gasteiger charge is -2.35. The van der Waals surface area contributed by atoms with Gasteiger partial charge in [-0.1, -0.05) is 13.8 Å². The normalized spacial score (nSPS) is 35.5. The molecule has 2 nitrogen and oxygen atoms in total. The van der Waals surface area contributed by atoms with Crippen LogP contribution in [0.15, 0.2) is 0 Å². The molecule has 2 atom stereocenters. The van der Waals surface area contributed by atoms with Gasteiger partial charge in [0.25, 0.3) is 0 Å². The van der Waals surface area contributed by atoms with E-state index in [4.69, 9.17) is 9.47 Å². The number of hydrogen-bond donors (Lipinski definition) is 0. The van der Waals surface area contributed by atoms with E-state index in [0.29, 0.717) is 12.2 Å². The van der Waals surface area contributed by atoms with Gasteiger partial charge in [0.15, 0.2) is 0 Å². The van der Waals surface area contributed by atoms with Crippen LogP contribution in [0, 0.1) is 5.41 Å². The summed E-state index contributed by atoms with van der Waals surface area (Å²) in [5.41, 5.74) is 0.215. The third-order valence-electron chi connectivity index (χ3n) is 3.52. The Balaban J connectivity index is 1.99. The number of ether oxygens (including phenoxy) is 2. The first-order valence-electron chi connectivity index (χ1n) is 5.44. The second kappa shape index (κ2) is 3.58. The van der Waals surface area contributed by atoms with Crippen LogP contribution in [0.3, 0.4) is 0 Å². The zero-order chi connectivity index (χ0) is 9.31. The van der Waals surface area contributed by atoms with E-state index in [-0.39, 0.29) is 5.41 Å². The van der Waals surface area contributed by atoms with Crippen molar-refractivity contribution in [1.82, 2.24) is 0 Å². The molecule has 0 aromatic rings. The predicted octanol–water partition coefficient (Wildman–Crippen LogP) is 2.37. The first-order valence-corrected chi connectivity index (χ1v) is 5.44. The van der Waals surface area contributed by atoms with Crippen LogP contribution in [0.25, 0.3) is 0 Å². The van der Waals surface area contributed by atoms with E-state index in [0.717, 1.165) is 13.2 Å². The molecule has 2 saturated heterocycles. The molecule has 0 aromatic carbocycles. The van der Waals surface area contributed by atoms with E-state index in [9.17, 15) is 0 Å². The molecule has 2 aliphatic rings. The molecule has 13 heavy (non-hydrogen) atoms. The Morgan fingerprint density at radius 1 is 0.923 bits per heavy atom. The van der Waals surface area contributed by atoms with Gasteiger partial charge in [0.1, 0.15) is 0 Å². The molecule has 0 unspecified atom stereocenters. The van der Waals surface area contributed by atoms with Gasteiger partial charge >= 0.3 is 0 Å². The lowest BCUT2D eigenvalue weighted by Crippen LogP contribution is -2.39. The molecule has 76 valence electrons. The summed E-state index contributed by atoms with van der Waals surface area (Å²) in [6.45, 7) is 6.47. The largest absolute Gasteiger partial charge is 0.378 e. The Labute approximate surface area is 80.6 Å². The lowest BCUT2D eigenvalue weighted by molar-refractivity contribution is -0.0681. The molecule has 0 spiro atoms. The van der Waals surface area contributed by atoms with Crippen molar-refractivity contribution in [3.8, 4) is 0 Å². The second-order valence-electron chi connectivity index (χ2n) is 4.82. The first-order chi connectivity index (χ1) is 6.21. The maximum absolute atomic E-state index is 5.75. The van der Waals surface area contributed by atoms with Crippen molar-refractivity contribution in [3.05, 3.63) is 0 Å². The van der Waals surface area contributed by atoms with Crippen molar-refractivity contribution in [1.29, 1.82) is 0 Å². The standard InChI is InChI=1S/C11H20O2/c1-11(2,9-5-3-7-12-9)10-6-4-8-13-10/h9-10H,3-8H2,1-2H3/t9-,10+. The summed E-state index contributed by atoms with van der Waals surface area (Å²) in [5, 5.41) is 0. The fourth-order valence-corrected chi connectivity index (χ4v) is 2.54. The van der Waals surface area contributed by atoms with E-state index in [1.165, 1.54) is 25.7 Å². The Bertz CT molecular complexity index is 147. The van der Waals surface area contributed by atoms with Crippen molar-refractivity contribution in [3.63, 3.8) is 0 Å². The number of rotatable bonds is 2. The average molecular weight is 184 g/mol. The molecule has 2 rings (SSSR count). The van der Waals surface area contributed by atoms with Crippen LogP contribution in [0.5, 0.6) is 0 Å². The molecule has 2 heterocycles. The van der Waals surface area contributed by atoms with Gasteiger partial charge in [-0.3, -0.25) is 0 Å². The molecule has 0 aromatic heterocycles. The summed E-state index contributed by atoms with van der Waals surface area (Å²) in [4.78, 5) is 0. The zero-order valence-electron chi connectivity index (χ0n) is 8.71. The highest BCUT2D eigenvalue weighted by Gasteiger charge is 2.41. The van der Waals surface area contributed by atoms with E-state index < -0.39 is 0 Å². The van der Waals surface area contributed by atoms with Crippen molar-refractivity contribution in [2.75, 3.05) is 13.2 Å².